The molecular formula is C25H27ClN2O. The predicted octanol–water partition coefficient (Wildman–Crippen LogP) is 6.04. The molecule has 29 heavy (non-hydrogen) atoms. The Bertz CT molecular complexity index is 961. The van der Waals surface area contributed by atoms with Crippen molar-refractivity contribution in [1.82, 2.24) is 4.90 Å². The molecule has 1 fully saturated rings. The van der Waals surface area contributed by atoms with Crippen LogP contribution in [0.5, 0.6) is 0 Å². The Morgan fingerprint density at radius 3 is 2.62 bits per heavy atom. The maximum Gasteiger partial charge on any atom is 0.255 e. The monoisotopic (exact) mass is 406 g/mol. The molecule has 0 bridgehead atoms. The molecule has 2 aromatic carbocycles. The normalized spacial score (nSPS) is 26.0. The molecule has 4 heteroatoms. The Balaban J connectivity index is 1.54. The lowest BCUT2D eigenvalue weighted by atomic mass is 9.76. The minimum absolute atomic E-state index is 0.103. The van der Waals surface area contributed by atoms with E-state index < -0.39 is 0 Å². The maximum absolute atomic E-state index is 13.4. The van der Waals surface area contributed by atoms with Crippen molar-refractivity contribution < 1.29 is 4.79 Å². The van der Waals surface area contributed by atoms with Gasteiger partial charge in [0.15, 0.2) is 0 Å². The summed E-state index contributed by atoms with van der Waals surface area (Å²) in [5.41, 5.74) is 4.15. The van der Waals surface area contributed by atoms with Gasteiger partial charge in [-0.1, -0.05) is 61.0 Å². The second-order valence-corrected chi connectivity index (χ2v) is 9.15. The Kier molecular flexibility index (Phi) is 4.87. The molecule has 1 amide bonds. The first kappa shape index (κ1) is 18.7. The molecular weight excluding hydrogens is 380 g/mol. The summed E-state index contributed by atoms with van der Waals surface area (Å²) >= 11 is 6.58. The molecule has 3 aliphatic rings. The van der Waals surface area contributed by atoms with Crippen molar-refractivity contribution in [2.45, 2.75) is 38.1 Å². The Morgan fingerprint density at radius 1 is 1.07 bits per heavy atom. The fraction of sp³-hybridized carbons (Fsp3) is 0.400. The summed E-state index contributed by atoms with van der Waals surface area (Å²) in [6, 6.07) is 14.4. The molecule has 3 atom stereocenters. The summed E-state index contributed by atoms with van der Waals surface area (Å²) in [7, 11) is 0. The van der Waals surface area contributed by atoms with Crippen molar-refractivity contribution in [1.29, 1.82) is 0 Å². The van der Waals surface area contributed by atoms with Crippen molar-refractivity contribution in [3.05, 3.63) is 76.3 Å². The van der Waals surface area contributed by atoms with Crippen LogP contribution in [0, 0.1) is 11.8 Å². The van der Waals surface area contributed by atoms with Gasteiger partial charge in [0.2, 0.25) is 0 Å². The first-order chi connectivity index (χ1) is 14.1. The third-order valence-corrected chi connectivity index (χ3v) is 7.28. The largest absolute Gasteiger partial charge is 0.377 e. The smallest absolute Gasteiger partial charge is 0.255 e. The zero-order valence-electron chi connectivity index (χ0n) is 16.8. The van der Waals surface area contributed by atoms with Crippen LogP contribution < -0.4 is 5.32 Å². The Labute approximate surface area is 177 Å². The Morgan fingerprint density at radius 2 is 1.83 bits per heavy atom. The average Bonchev–Trinajstić information content (AvgIpc) is 3.24. The van der Waals surface area contributed by atoms with Gasteiger partial charge in [0.1, 0.15) is 0 Å². The molecule has 2 aliphatic heterocycles. The summed E-state index contributed by atoms with van der Waals surface area (Å²) in [5.74, 6) is 1.60. The zero-order chi connectivity index (χ0) is 20.0. The van der Waals surface area contributed by atoms with E-state index in [1.54, 1.807) is 0 Å². The number of para-hydroxylation sites is 1. The van der Waals surface area contributed by atoms with Crippen LogP contribution in [0.25, 0.3) is 0 Å². The number of piperidine rings is 1. The number of amides is 1. The molecule has 1 saturated heterocycles. The standard InChI is InChI=1S/C25H27ClN2O/c1-16-12-14-28(15-13-16)25(29)21-10-5-9-19-17-7-4-8-18(17)23(27-24(19)21)20-6-2-3-11-22(20)26/h2-7,9-11,16-18,23,27H,8,12-15H2,1H3. The first-order valence-corrected chi connectivity index (χ1v) is 11.1. The van der Waals surface area contributed by atoms with E-state index in [9.17, 15) is 4.79 Å². The lowest BCUT2D eigenvalue weighted by molar-refractivity contribution is 0.0698. The van der Waals surface area contributed by atoms with Gasteiger partial charge in [0.05, 0.1) is 17.3 Å². The van der Waals surface area contributed by atoms with E-state index >= 15 is 0 Å². The van der Waals surface area contributed by atoms with Crippen LogP contribution in [0.4, 0.5) is 5.69 Å². The van der Waals surface area contributed by atoms with Crippen LogP contribution in [0.1, 0.15) is 59.6 Å². The van der Waals surface area contributed by atoms with Crippen LogP contribution in [-0.2, 0) is 0 Å². The molecule has 2 heterocycles. The summed E-state index contributed by atoms with van der Waals surface area (Å²) in [5, 5.41) is 4.54. The van der Waals surface area contributed by atoms with E-state index in [1.165, 1.54) is 5.56 Å². The minimum atomic E-state index is 0.103. The van der Waals surface area contributed by atoms with Gasteiger partial charge in [-0.05, 0) is 54.4 Å². The number of hydrogen-bond donors (Lipinski definition) is 1. The molecule has 3 unspecified atom stereocenters. The second-order valence-electron chi connectivity index (χ2n) is 8.74. The number of anilines is 1. The van der Waals surface area contributed by atoms with E-state index in [1.807, 2.05) is 35.2 Å². The van der Waals surface area contributed by atoms with Crippen molar-refractivity contribution in [3.63, 3.8) is 0 Å². The SMILES string of the molecule is CC1CCN(C(=O)c2cccc3c2NC(c2ccccc2Cl)C2CC=CC32)CC1. The number of hydrogen-bond acceptors (Lipinski definition) is 2. The third kappa shape index (κ3) is 3.26. The van der Waals surface area contributed by atoms with Crippen molar-refractivity contribution in [3.8, 4) is 0 Å². The number of fused-ring (bicyclic) bond motifs is 3. The van der Waals surface area contributed by atoms with Crippen molar-refractivity contribution in [2.75, 3.05) is 18.4 Å². The van der Waals surface area contributed by atoms with Crippen LogP contribution in [0.2, 0.25) is 5.02 Å². The Hall–Kier alpha value is -2.26. The fourth-order valence-corrected chi connectivity index (χ4v) is 5.47. The van der Waals surface area contributed by atoms with E-state index in [-0.39, 0.29) is 11.9 Å². The molecule has 2 aromatic rings. The number of likely N-dealkylation sites (tertiary alicyclic amines) is 1. The lowest BCUT2D eigenvalue weighted by Gasteiger charge is -2.39. The molecule has 0 aromatic heterocycles. The topological polar surface area (TPSA) is 32.3 Å². The first-order valence-electron chi connectivity index (χ1n) is 10.7. The molecule has 0 radical (unpaired) electrons. The highest BCUT2D eigenvalue weighted by atomic mass is 35.5. The van der Waals surface area contributed by atoms with Gasteiger partial charge in [-0.15, -0.1) is 0 Å². The number of halogens is 1. The highest BCUT2D eigenvalue weighted by Crippen LogP contribution is 2.51. The zero-order valence-corrected chi connectivity index (χ0v) is 17.5. The van der Waals surface area contributed by atoms with E-state index in [0.717, 1.165) is 54.2 Å². The number of nitrogens with zero attached hydrogens (tertiary/aromatic N) is 1. The van der Waals surface area contributed by atoms with Gasteiger partial charge >= 0.3 is 0 Å². The molecule has 0 spiro atoms. The molecule has 1 aliphatic carbocycles. The quantitative estimate of drug-likeness (QED) is 0.616. The van der Waals surface area contributed by atoms with Crippen LogP contribution in [0.3, 0.4) is 0 Å². The summed E-state index contributed by atoms with van der Waals surface area (Å²) in [4.78, 5) is 15.4. The molecule has 3 nitrogen and oxygen atoms in total. The molecule has 1 N–H and O–H groups in total. The lowest BCUT2D eigenvalue weighted by Crippen LogP contribution is -2.39. The van der Waals surface area contributed by atoms with Crippen LogP contribution in [-0.4, -0.2) is 23.9 Å². The maximum atomic E-state index is 13.4. The summed E-state index contributed by atoms with van der Waals surface area (Å²) < 4.78 is 0. The number of nitrogens with one attached hydrogen (secondary N) is 1. The number of allylic oxidation sites excluding steroid dienone is 2. The van der Waals surface area contributed by atoms with E-state index in [2.05, 4.69) is 36.5 Å². The number of benzene rings is 2. The highest BCUT2D eigenvalue weighted by molar-refractivity contribution is 6.31. The van der Waals surface area contributed by atoms with Crippen molar-refractivity contribution >= 4 is 23.2 Å². The minimum Gasteiger partial charge on any atom is -0.377 e. The number of rotatable bonds is 2. The third-order valence-electron chi connectivity index (χ3n) is 6.94. The van der Waals surface area contributed by atoms with Crippen LogP contribution >= 0.6 is 11.6 Å². The number of carbonyl (C=O) groups excluding carboxylic acids is 1. The van der Waals surface area contributed by atoms with Crippen molar-refractivity contribution in [2.24, 2.45) is 11.8 Å². The summed E-state index contributed by atoms with van der Waals surface area (Å²) in [6.45, 7) is 3.97. The molecule has 0 saturated carbocycles. The van der Waals surface area contributed by atoms with Gasteiger partial charge in [0.25, 0.3) is 5.91 Å². The van der Waals surface area contributed by atoms with E-state index in [0.29, 0.717) is 17.8 Å². The fourth-order valence-electron chi connectivity index (χ4n) is 5.22. The number of carbonyl (C=O) groups is 1. The predicted molar refractivity (Wildman–Crippen MR) is 119 cm³/mol. The molecule has 5 rings (SSSR count). The van der Waals surface area contributed by atoms with Crippen LogP contribution in [0.15, 0.2) is 54.6 Å². The molecule has 150 valence electrons. The van der Waals surface area contributed by atoms with E-state index in [4.69, 9.17) is 11.6 Å². The van der Waals surface area contributed by atoms with Gasteiger partial charge in [-0.3, -0.25) is 4.79 Å². The van der Waals surface area contributed by atoms with Gasteiger partial charge in [-0.25, -0.2) is 0 Å². The van der Waals surface area contributed by atoms with Gasteiger partial charge in [0, 0.05) is 24.0 Å². The highest BCUT2D eigenvalue weighted by Gasteiger charge is 2.40. The summed E-state index contributed by atoms with van der Waals surface area (Å²) in [6.07, 6.45) is 7.78. The van der Waals surface area contributed by atoms with Gasteiger partial charge in [-0.2, -0.15) is 0 Å². The second kappa shape index (κ2) is 7.53. The van der Waals surface area contributed by atoms with Gasteiger partial charge < -0.3 is 10.2 Å². The average molecular weight is 407 g/mol.